The number of ether oxygens (including phenoxy) is 2. The quantitative estimate of drug-likeness (QED) is 0.296. The largest absolute Gasteiger partial charge is 0.497 e. The molecule has 0 fully saturated rings. The number of nitrogens with zero attached hydrogens (tertiary/aromatic N) is 2. The zero-order valence-electron chi connectivity index (χ0n) is 25.5. The molecule has 0 saturated carbocycles. The lowest BCUT2D eigenvalue weighted by atomic mass is 9.99. The third-order valence-corrected chi connectivity index (χ3v) is 8.95. The number of aliphatic hydroxyl groups excluding tert-OH is 1. The molecule has 46 heavy (non-hydrogen) atoms. The van der Waals surface area contributed by atoms with Crippen LogP contribution in [-0.2, 0) is 16.2 Å². The molecule has 3 N–H and O–H groups in total. The second-order valence-corrected chi connectivity index (χ2v) is 12.7. The molecule has 11 nitrogen and oxygen atoms in total. The van der Waals surface area contributed by atoms with Gasteiger partial charge in [0.25, 0.3) is 15.9 Å². The fourth-order valence-electron chi connectivity index (χ4n) is 4.79. The van der Waals surface area contributed by atoms with Crippen LogP contribution in [0.2, 0.25) is 0 Å². The molecular weight excluding hydrogens is 629 g/mol. The molecule has 0 spiro atoms. The minimum absolute atomic E-state index is 0.0223. The van der Waals surface area contributed by atoms with E-state index in [1.807, 2.05) is 6.92 Å². The lowest BCUT2D eigenvalue weighted by Crippen LogP contribution is -2.50. The van der Waals surface area contributed by atoms with Crippen LogP contribution in [0, 0.1) is 5.92 Å². The number of halogens is 3. The van der Waals surface area contributed by atoms with E-state index in [-0.39, 0.29) is 53.2 Å². The van der Waals surface area contributed by atoms with E-state index in [1.165, 1.54) is 66.4 Å². The fourth-order valence-corrected chi connectivity index (χ4v) is 5.84. The highest BCUT2D eigenvalue weighted by Crippen LogP contribution is 2.32. The van der Waals surface area contributed by atoms with Gasteiger partial charge in [0, 0.05) is 30.9 Å². The first-order chi connectivity index (χ1) is 21.6. The summed E-state index contributed by atoms with van der Waals surface area (Å²) < 4.78 is 78.6. The highest BCUT2D eigenvalue weighted by molar-refractivity contribution is 7.92. The van der Waals surface area contributed by atoms with Crippen LogP contribution in [0.4, 0.5) is 29.3 Å². The van der Waals surface area contributed by atoms with Gasteiger partial charge in [-0.25, -0.2) is 13.2 Å². The molecule has 1 aliphatic heterocycles. The number of aliphatic hydroxyl groups is 1. The van der Waals surface area contributed by atoms with Crippen LogP contribution >= 0.6 is 0 Å². The number of benzene rings is 3. The number of hydrogen-bond acceptors (Lipinski definition) is 7. The zero-order chi connectivity index (χ0) is 33.8. The number of rotatable bonds is 9. The number of amides is 3. The predicted molar refractivity (Wildman–Crippen MR) is 165 cm³/mol. The van der Waals surface area contributed by atoms with Crippen LogP contribution in [0.5, 0.6) is 11.5 Å². The van der Waals surface area contributed by atoms with Crippen LogP contribution in [0.1, 0.15) is 29.8 Å². The van der Waals surface area contributed by atoms with E-state index in [1.54, 1.807) is 6.92 Å². The molecule has 0 unspecified atom stereocenters. The standard InChI is InChI=1S/C31H35F3N4O7S/c1-19-16-38(20(2)18-39)29(40)26-15-23(36-46(42,43)25-12-10-24(44-4)11-13-25)9-14-27(26)45-28(19)17-37(3)30(41)35-22-7-5-21(6-8-22)31(32,33)34/h5-15,19-20,28,36,39H,16-18H2,1-4H3,(H,35,41)/t19-,20-,28+/m0/s1. The lowest BCUT2D eigenvalue weighted by Gasteiger charge is -2.38. The number of methoxy groups -OCH3 is 1. The number of carbonyl (C=O) groups is 2. The minimum Gasteiger partial charge on any atom is -0.497 e. The number of sulfonamides is 1. The summed E-state index contributed by atoms with van der Waals surface area (Å²) in [6, 6.07) is 12.9. The van der Waals surface area contributed by atoms with Crippen molar-refractivity contribution < 1.29 is 45.8 Å². The Morgan fingerprint density at radius 1 is 1.11 bits per heavy atom. The van der Waals surface area contributed by atoms with Gasteiger partial charge in [-0.3, -0.25) is 9.52 Å². The molecule has 3 aromatic rings. The summed E-state index contributed by atoms with van der Waals surface area (Å²) in [5.41, 5.74) is -0.535. The maximum absolute atomic E-state index is 13.7. The van der Waals surface area contributed by atoms with Crippen molar-refractivity contribution in [2.75, 3.05) is 43.9 Å². The van der Waals surface area contributed by atoms with Crippen molar-refractivity contribution in [3.05, 3.63) is 77.9 Å². The Morgan fingerprint density at radius 2 is 1.74 bits per heavy atom. The van der Waals surface area contributed by atoms with E-state index in [0.29, 0.717) is 5.75 Å². The summed E-state index contributed by atoms with van der Waals surface area (Å²) in [6.07, 6.45) is -5.18. The molecule has 3 aromatic carbocycles. The third-order valence-electron chi connectivity index (χ3n) is 7.55. The van der Waals surface area contributed by atoms with Crippen LogP contribution in [0.15, 0.2) is 71.6 Å². The smallest absolute Gasteiger partial charge is 0.416 e. The number of anilines is 2. The summed E-state index contributed by atoms with van der Waals surface area (Å²) in [5, 5.41) is 12.5. The van der Waals surface area contributed by atoms with Gasteiger partial charge < -0.3 is 29.7 Å². The lowest BCUT2D eigenvalue weighted by molar-refractivity contribution is -0.137. The normalized spacial score (nSPS) is 17.6. The molecule has 0 aromatic heterocycles. The summed E-state index contributed by atoms with van der Waals surface area (Å²) in [5.74, 6) is -0.213. The molecule has 1 aliphatic rings. The number of likely N-dealkylation sites (N-methyl/N-ethyl adjacent to an activating group) is 1. The fraction of sp³-hybridized carbons (Fsp3) is 0.355. The number of urea groups is 1. The third kappa shape index (κ3) is 8.01. The van der Waals surface area contributed by atoms with Crippen molar-refractivity contribution in [2.45, 2.75) is 37.1 Å². The van der Waals surface area contributed by atoms with Crippen LogP contribution in [0.3, 0.4) is 0 Å². The molecule has 0 aliphatic carbocycles. The number of carbonyl (C=O) groups excluding carboxylic acids is 2. The van der Waals surface area contributed by atoms with Gasteiger partial charge in [-0.1, -0.05) is 6.92 Å². The first-order valence-corrected chi connectivity index (χ1v) is 15.7. The second kappa shape index (κ2) is 13.9. The van der Waals surface area contributed by atoms with Crippen LogP contribution in [0.25, 0.3) is 0 Å². The van der Waals surface area contributed by atoms with Crippen molar-refractivity contribution in [3.63, 3.8) is 0 Å². The van der Waals surface area contributed by atoms with Gasteiger partial charge in [0.2, 0.25) is 0 Å². The maximum atomic E-state index is 13.7. The Morgan fingerprint density at radius 3 is 2.33 bits per heavy atom. The van der Waals surface area contributed by atoms with Gasteiger partial charge in [-0.2, -0.15) is 13.2 Å². The topological polar surface area (TPSA) is 138 Å². The number of hydrogen-bond donors (Lipinski definition) is 3. The summed E-state index contributed by atoms with van der Waals surface area (Å²) in [7, 11) is -1.08. The molecule has 248 valence electrons. The van der Waals surface area contributed by atoms with Crippen molar-refractivity contribution in [2.24, 2.45) is 5.92 Å². The van der Waals surface area contributed by atoms with Gasteiger partial charge in [0.1, 0.15) is 17.6 Å². The van der Waals surface area contributed by atoms with Gasteiger partial charge in [-0.15, -0.1) is 0 Å². The minimum atomic E-state index is -4.51. The van der Waals surface area contributed by atoms with Crippen molar-refractivity contribution in [1.29, 1.82) is 0 Å². The average Bonchev–Trinajstić information content (AvgIpc) is 3.02. The van der Waals surface area contributed by atoms with E-state index in [9.17, 15) is 36.3 Å². The van der Waals surface area contributed by atoms with E-state index >= 15 is 0 Å². The highest BCUT2D eigenvalue weighted by Gasteiger charge is 2.35. The van der Waals surface area contributed by atoms with Gasteiger partial charge in [0.05, 0.1) is 42.3 Å². The monoisotopic (exact) mass is 664 g/mol. The molecule has 0 saturated heterocycles. The van der Waals surface area contributed by atoms with E-state index in [2.05, 4.69) is 10.0 Å². The van der Waals surface area contributed by atoms with E-state index in [0.717, 1.165) is 24.3 Å². The van der Waals surface area contributed by atoms with E-state index in [4.69, 9.17) is 9.47 Å². The average molecular weight is 665 g/mol. The summed E-state index contributed by atoms with van der Waals surface area (Å²) in [6.45, 7) is 3.31. The van der Waals surface area contributed by atoms with Crippen molar-refractivity contribution in [3.8, 4) is 11.5 Å². The molecule has 0 bridgehead atoms. The van der Waals surface area contributed by atoms with Crippen molar-refractivity contribution >= 4 is 33.3 Å². The van der Waals surface area contributed by atoms with E-state index < -0.39 is 45.8 Å². The summed E-state index contributed by atoms with van der Waals surface area (Å²) in [4.78, 5) is 29.4. The number of nitrogens with one attached hydrogen (secondary N) is 2. The molecule has 0 radical (unpaired) electrons. The van der Waals surface area contributed by atoms with Gasteiger partial charge in [0.15, 0.2) is 0 Å². The first-order valence-electron chi connectivity index (χ1n) is 14.2. The molecule has 1 heterocycles. The molecule has 4 rings (SSSR count). The Labute approximate surface area is 265 Å². The van der Waals surface area contributed by atoms with Gasteiger partial charge in [-0.05, 0) is 73.7 Å². The summed E-state index contributed by atoms with van der Waals surface area (Å²) >= 11 is 0. The molecule has 15 heteroatoms. The first kappa shape index (κ1) is 34.4. The van der Waals surface area contributed by atoms with Crippen LogP contribution in [-0.4, -0.2) is 81.3 Å². The number of alkyl halides is 3. The Hall–Kier alpha value is -4.50. The number of fused-ring (bicyclic) bond motifs is 1. The highest BCUT2D eigenvalue weighted by atomic mass is 32.2. The maximum Gasteiger partial charge on any atom is 0.416 e. The molecule has 3 atom stereocenters. The van der Waals surface area contributed by atoms with Crippen molar-refractivity contribution in [1.82, 2.24) is 9.80 Å². The molecular formula is C31H35F3N4O7S. The Kier molecular flexibility index (Phi) is 10.4. The molecule has 3 amide bonds. The SMILES string of the molecule is COc1ccc(S(=O)(=O)Nc2ccc3c(c2)C(=O)N([C@@H](C)CO)C[C@H](C)[C@@H](CN(C)C(=O)Nc2ccc(C(F)(F)F)cc2)O3)cc1. The zero-order valence-corrected chi connectivity index (χ0v) is 26.4. The predicted octanol–water partition coefficient (Wildman–Crippen LogP) is 4.90. The Balaban J connectivity index is 1.57. The second-order valence-electron chi connectivity index (χ2n) is 11.0. The Bertz CT molecular complexity index is 1650. The van der Waals surface area contributed by atoms with Gasteiger partial charge >= 0.3 is 12.2 Å². The van der Waals surface area contributed by atoms with Crippen LogP contribution < -0.4 is 19.5 Å².